The summed E-state index contributed by atoms with van der Waals surface area (Å²) in [6.07, 6.45) is 3.01. The van der Waals surface area contributed by atoms with Crippen molar-refractivity contribution in [3.63, 3.8) is 0 Å². The highest BCUT2D eigenvalue weighted by Gasteiger charge is 2.39. The summed E-state index contributed by atoms with van der Waals surface area (Å²) < 4.78 is 5.70. The van der Waals surface area contributed by atoms with Crippen molar-refractivity contribution in [3.05, 3.63) is 48.2 Å². The zero-order valence-electron chi connectivity index (χ0n) is 31.8. The number of pyridine rings is 1. The molecule has 292 valence electrons. The maximum absolute atomic E-state index is 13.7. The van der Waals surface area contributed by atoms with E-state index in [4.69, 9.17) is 24.7 Å². The first-order chi connectivity index (χ1) is 26.9. The molecule has 16 nitrogen and oxygen atoms in total. The Labute approximate surface area is 325 Å². The fourth-order valence-corrected chi connectivity index (χ4v) is 9.09. The summed E-state index contributed by atoms with van der Waals surface area (Å²) in [5.41, 5.74) is 5.50. The summed E-state index contributed by atoms with van der Waals surface area (Å²) >= 11 is 1.53. The van der Waals surface area contributed by atoms with Crippen LogP contribution in [0, 0.1) is 11.8 Å². The lowest BCUT2D eigenvalue weighted by Crippen LogP contribution is -2.51. The van der Waals surface area contributed by atoms with E-state index in [-0.39, 0.29) is 35.7 Å². The van der Waals surface area contributed by atoms with E-state index in [2.05, 4.69) is 20.6 Å². The Morgan fingerprint density at radius 2 is 1.41 bits per heavy atom. The molecule has 0 radical (unpaired) electrons. The molecule has 2 aromatic carbocycles. The molecule has 5 N–H and O–H groups in total. The lowest BCUT2D eigenvalue weighted by atomic mass is 10.0. The third-order valence-corrected chi connectivity index (χ3v) is 12.0. The summed E-state index contributed by atoms with van der Waals surface area (Å²) in [6, 6.07) is 7.80. The van der Waals surface area contributed by atoms with Crippen molar-refractivity contribution >= 4 is 78.5 Å². The van der Waals surface area contributed by atoms with Crippen LogP contribution in [0.3, 0.4) is 0 Å². The molecule has 0 saturated carbocycles. The Bertz CT molecular complexity index is 2510. The zero-order chi connectivity index (χ0) is 39.4. The first kappa shape index (κ1) is 37.1. The van der Waals surface area contributed by atoms with Gasteiger partial charge in [0.25, 0.3) is 0 Å². The van der Waals surface area contributed by atoms with Crippen LogP contribution < -0.4 is 10.6 Å². The molecule has 4 atom stereocenters. The van der Waals surface area contributed by atoms with E-state index in [1.807, 2.05) is 58.0 Å². The number of aromatic amines is 2. The van der Waals surface area contributed by atoms with Gasteiger partial charge in [-0.05, 0) is 61.8 Å². The highest BCUT2D eigenvalue weighted by Crippen LogP contribution is 2.39. The zero-order valence-corrected chi connectivity index (χ0v) is 32.6. The average molecular weight is 781 g/mol. The van der Waals surface area contributed by atoms with Crippen LogP contribution in [0.2, 0.25) is 0 Å². The Kier molecular flexibility index (Phi) is 9.72. The van der Waals surface area contributed by atoms with E-state index in [9.17, 15) is 24.3 Å². The number of rotatable bonds is 9. The van der Waals surface area contributed by atoms with Crippen LogP contribution in [0.1, 0.15) is 77.1 Å². The van der Waals surface area contributed by atoms with Gasteiger partial charge in [0.2, 0.25) is 11.8 Å². The molecule has 2 aliphatic rings. The van der Waals surface area contributed by atoms with Gasteiger partial charge in [-0.15, -0.1) is 11.3 Å². The largest absolute Gasteiger partial charge is 0.465 e. The van der Waals surface area contributed by atoms with Gasteiger partial charge in [0, 0.05) is 30.2 Å². The molecule has 8 rings (SSSR count). The third-order valence-electron chi connectivity index (χ3n) is 10.9. The molecule has 2 saturated heterocycles. The number of nitrogens with zero attached hydrogens (tertiary/aromatic N) is 6. The Hall–Kier alpha value is -5.84. The molecule has 17 heteroatoms. The predicted molar refractivity (Wildman–Crippen MR) is 211 cm³/mol. The Morgan fingerprint density at radius 3 is 2.02 bits per heavy atom. The monoisotopic (exact) mass is 780 g/mol. The molecule has 56 heavy (non-hydrogen) atoms. The number of aromatic nitrogens is 6. The number of hydrogen-bond donors (Lipinski definition) is 5. The van der Waals surface area contributed by atoms with Crippen LogP contribution in [-0.4, -0.2) is 101 Å². The minimum atomic E-state index is -1.23. The second kappa shape index (κ2) is 14.7. The fourth-order valence-electron chi connectivity index (χ4n) is 8.05. The van der Waals surface area contributed by atoms with Gasteiger partial charge < -0.3 is 40.2 Å². The number of ether oxygens (including phenoxy) is 1. The number of nitrogens with one attached hydrogen (secondary N) is 4. The van der Waals surface area contributed by atoms with Crippen molar-refractivity contribution in [1.29, 1.82) is 0 Å². The lowest BCUT2D eigenvalue weighted by molar-refractivity contribution is -0.136. The quantitative estimate of drug-likeness (QED) is 0.111. The smallest absolute Gasteiger partial charge is 0.407 e. The van der Waals surface area contributed by atoms with Crippen LogP contribution in [0.5, 0.6) is 0 Å². The van der Waals surface area contributed by atoms with Crippen molar-refractivity contribution in [2.75, 3.05) is 20.2 Å². The van der Waals surface area contributed by atoms with Gasteiger partial charge in [-0.25, -0.2) is 24.5 Å². The molecule has 6 aromatic rings. The van der Waals surface area contributed by atoms with Crippen molar-refractivity contribution in [2.45, 2.75) is 77.5 Å². The number of carbonyl (C=O) groups excluding carboxylic acids is 3. The number of amides is 4. The molecule has 6 heterocycles. The SMILES string of the molecule is COC(=O)N[C@H](C(=O)N1CCC[C@H]1c1nc2c(ccc3nc(-c4cnc5c(ccc6[nH]c([C@@H]7CCCN7C(=O)[C@@H](NC(=O)O)C(C)C)nc65)c4)sc32)[nH]1)C(C)C. The fraction of sp³-hybridized carbons (Fsp3) is 0.436. The van der Waals surface area contributed by atoms with Crippen LogP contribution in [-0.2, 0) is 14.3 Å². The van der Waals surface area contributed by atoms with Crippen molar-refractivity contribution in [1.82, 2.24) is 50.3 Å². The summed E-state index contributed by atoms with van der Waals surface area (Å²) in [5, 5.41) is 16.1. The van der Waals surface area contributed by atoms with Gasteiger partial charge in [0.05, 0.1) is 46.0 Å². The van der Waals surface area contributed by atoms with Crippen LogP contribution >= 0.6 is 11.3 Å². The maximum atomic E-state index is 13.7. The number of hydrogen-bond acceptors (Lipinski definition) is 10. The number of carbonyl (C=O) groups is 4. The van der Waals surface area contributed by atoms with Gasteiger partial charge >= 0.3 is 12.2 Å². The highest BCUT2D eigenvalue weighted by molar-refractivity contribution is 7.22. The van der Waals surface area contributed by atoms with Gasteiger partial charge in [0.15, 0.2) is 0 Å². The molecule has 0 bridgehead atoms. The lowest BCUT2D eigenvalue weighted by Gasteiger charge is -2.29. The van der Waals surface area contributed by atoms with E-state index < -0.39 is 24.3 Å². The van der Waals surface area contributed by atoms with Crippen LogP contribution in [0.25, 0.3) is 53.8 Å². The predicted octanol–water partition coefficient (Wildman–Crippen LogP) is 6.26. The number of thiazole rings is 1. The van der Waals surface area contributed by atoms with E-state index in [0.717, 1.165) is 67.5 Å². The molecular weight excluding hydrogens is 737 g/mol. The van der Waals surface area contributed by atoms with E-state index in [1.165, 1.54) is 18.4 Å². The van der Waals surface area contributed by atoms with Gasteiger partial charge in [0.1, 0.15) is 39.8 Å². The normalized spacial score (nSPS) is 18.5. The number of carboxylic acid groups (broad SMARTS) is 1. The van der Waals surface area contributed by atoms with Crippen molar-refractivity contribution < 1.29 is 29.0 Å². The second-order valence-corrected chi connectivity index (χ2v) is 16.2. The molecule has 0 spiro atoms. The van der Waals surface area contributed by atoms with Crippen LogP contribution in [0.15, 0.2) is 36.5 Å². The van der Waals surface area contributed by atoms with Gasteiger partial charge in [-0.3, -0.25) is 14.6 Å². The third kappa shape index (κ3) is 6.62. The van der Waals surface area contributed by atoms with Crippen LogP contribution in [0.4, 0.5) is 9.59 Å². The molecule has 0 aliphatic carbocycles. The minimum Gasteiger partial charge on any atom is -0.465 e. The van der Waals surface area contributed by atoms with Gasteiger partial charge in [-0.2, -0.15) is 0 Å². The number of methoxy groups -OCH3 is 1. The topological polar surface area (TPSA) is 211 Å². The number of benzene rings is 2. The highest BCUT2D eigenvalue weighted by atomic mass is 32.1. The maximum Gasteiger partial charge on any atom is 0.407 e. The number of alkyl carbamates (subject to hydrolysis) is 1. The number of likely N-dealkylation sites (tertiary alicyclic amines) is 2. The molecule has 4 amide bonds. The standard InChI is InChI=1S/C39H44N10O6S/c1-18(2)27(46-38(52)53)36(50)48-14-6-8-25(48)33-41-22-11-10-20-16-21(17-40-29(20)30(22)44-33)35-43-24-13-12-23-31(32(24)56-35)45-34(42-23)26-9-7-15-49(26)37(51)28(19(3)4)47-39(54)55-5/h10-13,16-19,25-28,46H,6-9,14-15H2,1-5H3,(H,41,44)(H,42,45)(H,47,54)(H,52,53)/t25-,26-,27-,28-/m0/s1. The molecule has 0 unspecified atom stereocenters. The van der Waals surface area contributed by atoms with Crippen molar-refractivity contribution in [3.8, 4) is 10.6 Å². The van der Waals surface area contributed by atoms with E-state index >= 15 is 0 Å². The molecule has 2 fully saturated rings. The minimum absolute atomic E-state index is 0.130. The Morgan fingerprint density at radius 1 is 0.821 bits per heavy atom. The first-order valence-electron chi connectivity index (χ1n) is 18.9. The first-order valence-corrected chi connectivity index (χ1v) is 19.8. The summed E-state index contributed by atoms with van der Waals surface area (Å²) in [7, 11) is 1.28. The number of H-pyrrole nitrogens is 2. The summed E-state index contributed by atoms with van der Waals surface area (Å²) in [4.78, 5) is 80.9. The Balaban J connectivity index is 1.07. The van der Waals surface area contributed by atoms with E-state index in [0.29, 0.717) is 36.7 Å². The summed E-state index contributed by atoms with van der Waals surface area (Å²) in [6.45, 7) is 8.53. The number of fused-ring (bicyclic) bond motifs is 6. The number of imidazole rings is 2. The van der Waals surface area contributed by atoms with E-state index in [1.54, 1.807) is 16.0 Å². The van der Waals surface area contributed by atoms with Crippen molar-refractivity contribution in [2.24, 2.45) is 11.8 Å². The molecule has 2 aliphatic heterocycles. The average Bonchev–Trinajstić information content (AvgIpc) is 4.02. The summed E-state index contributed by atoms with van der Waals surface area (Å²) in [5.74, 6) is 0.598. The van der Waals surface area contributed by atoms with Gasteiger partial charge in [-0.1, -0.05) is 33.8 Å². The molecule has 4 aromatic heterocycles. The second-order valence-electron chi connectivity index (χ2n) is 15.2. The molecular formula is C39H44N10O6S.